The van der Waals surface area contributed by atoms with Crippen molar-refractivity contribution in [3.63, 3.8) is 0 Å². The summed E-state index contributed by atoms with van der Waals surface area (Å²) in [7, 11) is 1.98. The zero-order valence-corrected chi connectivity index (χ0v) is 8.35. The van der Waals surface area contributed by atoms with Gasteiger partial charge in [0.1, 0.15) is 6.17 Å². The van der Waals surface area contributed by atoms with E-state index in [1.54, 1.807) is 0 Å². The van der Waals surface area contributed by atoms with Gasteiger partial charge in [0.15, 0.2) is 5.78 Å². The molecule has 0 aromatic carbocycles. The molecule has 0 saturated carbocycles. The average Bonchev–Trinajstić information content (AvgIpc) is 2.31. The molecule has 3 nitrogen and oxygen atoms in total. The standard InChI is InChI=1S/C9H18N2O/c1-9(2,3)7(12)8-10-5-6-11(8)4/h8,10H,5-6H2,1-4H3. The number of hydrogen-bond donors (Lipinski definition) is 1. The Balaban J connectivity index is 2.64. The van der Waals surface area contributed by atoms with E-state index in [9.17, 15) is 4.79 Å². The van der Waals surface area contributed by atoms with Crippen LogP contribution in [0.1, 0.15) is 20.8 Å². The van der Waals surface area contributed by atoms with E-state index in [2.05, 4.69) is 10.2 Å². The topological polar surface area (TPSA) is 32.3 Å². The van der Waals surface area contributed by atoms with Crippen molar-refractivity contribution < 1.29 is 4.79 Å². The van der Waals surface area contributed by atoms with Gasteiger partial charge in [0, 0.05) is 18.5 Å². The van der Waals surface area contributed by atoms with Gasteiger partial charge in [0.2, 0.25) is 0 Å². The minimum Gasteiger partial charge on any atom is -0.296 e. The molecule has 1 unspecified atom stereocenters. The maximum absolute atomic E-state index is 11.8. The average molecular weight is 170 g/mol. The number of hydrogen-bond acceptors (Lipinski definition) is 3. The van der Waals surface area contributed by atoms with Gasteiger partial charge in [0.05, 0.1) is 0 Å². The van der Waals surface area contributed by atoms with Gasteiger partial charge in [-0.05, 0) is 7.05 Å². The molecule has 0 radical (unpaired) electrons. The summed E-state index contributed by atoms with van der Waals surface area (Å²) in [6.45, 7) is 7.77. The summed E-state index contributed by atoms with van der Waals surface area (Å²) < 4.78 is 0. The molecule has 12 heavy (non-hydrogen) atoms. The highest BCUT2D eigenvalue weighted by molar-refractivity contribution is 5.88. The summed E-state index contributed by atoms with van der Waals surface area (Å²) in [5, 5.41) is 3.19. The Morgan fingerprint density at radius 2 is 2.08 bits per heavy atom. The molecule has 3 heteroatoms. The number of Topliss-reactive ketones (excluding diaryl/α,β-unsaturated/α-hetero) is 1. The van der Waals surface area contributed by atoms with Gasteiger partial charge in [-0.25, -0.2) is 0 Å². The molecule has 1 heterocycles. The van der Waals surface area contributed by atoms with Gasteiger partial charge >= 0.3 is 0 Å². The molecule has 0 aromatic heterocycles. The fourth-order valence-electron chi connectivity index (χ4n) is 1.37. The fourth-order valence-corrected chi connectivity index (χ4v) is 1.37. The summed E-state index contributed by atoms with van der Waals surface area (Å²) >= 11 is 0. The highest BCUT2D eigenvalue weighted by Gasteiger charge is 2.34. The first-order valence-corrected chi connectivity index (χ1v) is 4.41. The van der Waals surface area contributed by atoms with E-state index < -0.39 is 0 Å². The Morgan fingerprint density at radius 1 is 1.50 bits per heavy atom. The SMILES string of the molecule is CN1CCNC1C(=O)C(C)(C)C. The Morgan fingerprint density at radius 3 is 2.42 bits per heavy atom. The van der Waals surface area contributed by atoms with Gasteiger partial charge in [-0.3, -0.25) is 15.0 Å². The molecule has 0 bridgehead atoms. The van der Waals surface area contributed by atoms with Crippen LogP contribution in [-0.4, -0.2) is 37.0 Å². The lowest BCUT2D eigenvalue weighted by atomic mass is 9.89. The van der Waals surface area contributed by atoms with Crippen LogP contribution in [0.25, 0.3) is 0 Å². The smallest absolute Gasteiger partial charge is 0.169 e. The molecule has 0 aliphatic carbocycles. The lowest BCUT2D eigenvalue weighted by Gasteiger charge is -2.25. The van der Waals surface area contributed by atoms with Gasteiger partial charge < -0.3 is 0 Å². The van der Waals surface area contributed by atoms with Crippen LogP contribution >= 0.6 is 0 Å². The molecule has 1 aliphatic rings. The summed E-state index contributed by atoms with van der Waals surface area (Å²) in [4.78, 5) is 13.8. The molecule has 70 valence electrons. The van der Waals surface area contributed by atoms with Crippen molar-refractivity contribution >= 4 is 5.78 Å². The molecule has 0 aromatic rings. The molecule has 1 rings (SSSR count). The quantitative estimate of drug-likeness (QED) is 0.620. The Hall–Kier alpha value is -0.410. The van der Waals surface area contributed by atoms with Crippen LogP contribution in [0.4, 0.5) is 0 Å². The van der Waals surface area contributed by atoms with Crippen molar-refractivity contribution in [3.8, 4) is 0 Å². The van der Waals surface area contributed by atoms with E-state index in [1.807, 2.05) is 27.8 Å². The molecule has 0 spiro atoms. The van der Waals surface area contributed by atoms with Crippen molar-refractivity contribution in [2.24, 2.45) is 5.41 Å². The van der Waals surface area contributed by atoms with Crippen molar-refractivity contribution in [1.82, 2.24) is 10.2 Å². The van der Waals surface area contributed by atoms with Crippen LogP contribution in [0.2, 0.25) is 0 Å². The molecule has 0 amide bonds. The minimum absolute atomic E-state index is 0.0648. The third-order valence-corrected chi connectivity index (χ3v) is 2.23. The lowest BCUT2D eigenvalue weighted by molar-refractivity contribution is -0.131. The third kappa shape index (κ3) is 1.84. The zero-order chi connectivity index (χ0) is 9.35. The maximum atomic E-state index is 11.8. The maximum Gasteiger partial charge on any atom is 0.169 e. The van der Waals surface area contributed by atoms with Gasteiger partial charge in [0.25, 0.3) is 0 Å². The largest absolute Gasteiger partial charge is 0.296 e. The Bertz CT molecular complexity index is 183. The van der Waals surface area contributed by atoms with Crippen LogP contribution in [0, 0.1) is 5.41 Å². The number of rotatable bonds is 1. The number of nitrogens with zero attached hydrogens (tertiary/aromatic N) is 1. The van der Waals surface area contributed by atoms with Crippen LogP contribution < -0.4 is 5.32 Å². The minimum atomic E-state index is -0.240. The summed E-state index contributed by atoms with van der Waals surface area (Å²) in [6, 6.07) is 0. The van der Waals surface area contributed by atoms with Crippen molar-refractivity contribution in [3.05, 3.63) is 0 Å². The number of likely N-dealkylation sites (N-methyl/N-ethyl adjacent to an activating group) is 1. The van der Waals surface area contributed by atoms with Crippen molar-refractivity contribution in [1.29, 1.82) is 0 Å². The predicted molar refractivity (Wildman–Crippen MR) is 48.9 cm³/mol. The van der Waals surface area contributed by atoms with Gasteiger partial charge in [-0.1, -0.05) is 20.8 Å². The Labute approximate surface area is 74.1 Å². The summed E-state index contributed by atoms with van der Waals surface area (Å²) in [5.74, 6) is 0.280. The summed E-state index contributed by atoms with van der Waals surface area (Å²) in [6.07, 6.45) is -0.0648. The second-order valence-electron chi connectivity index (χ2n) is 4.45. The van der Waals surface area contributed by atoms with E-state index in [-0.39, 0.29) is 17.4 Å². The van der Waals surface area contributed by atoms with E-state index in [0.717, 1.165) is 13.1 Å². The second kappa shape index (κ2) is 3.15. The highest BCUT2D eigenvalue weighted by Crippen LogP contribution is 2.19. The zero-order valence-electron chi connectivity index (χ0n) is 8.35. The third-order valence-electron chi connectivity index (χ3n) is 2.23. The number of carbonyl (C=O) groups excluding carboxylic acids is 1. The summed E-state index contributed by atoms with van der Waals surface area (Å²) in [5.41, 5.74) is -0.240. The van der Waals surface area contributed by atoms with E-state index in [0.29, 0.717) is 0 Å². The number of carbonyl (C=O) groups is 1. The first-order valence-electron chi connectivity index (χ1n) is 4.41. The molecular formula is C9H18N2O. The molecule has 1 saturated heterocycles. The lowest BCUT2D eigenvalue weighted by Crippen LogP contribution is -2.46. The number of ketones is 1. The van der Waals surface area contributed by atoms with Crippen molar-refractivity contribution in [2.75, 3.05) is 20.1 Å². The molecular weight excluding hydrogens is 152 g/mol. The van der Waals surface area contributed by atoms with Crippen LogP contribution in [0.15, 0.2) is 0 Å². The Kier molecular flexibility index (Phi) is 2.54. The van der Waals surface area contributed by atoms with E-state index in [1.165, 1.54) is 0 Å². The highest BCUT2D eigenvalue weighted by atomic mass is 16.1. The van der Waals surface area contributed by atoms with E-state index >= 15 is 0 Å². The molecule has 1 N–H and O–H groups in total. The molecule has 1 aliphatic heterocycles. The van der Waals surface area contributed by atoms with Crippen LogP contribution in [0.5, 0.6) is 0 Å². The predicted octanol–water partition coefficient (Wildman–Crippen LogP) is 0.463. The fraction of sp³-hybridized carbons (Fsp3) is 0.889. The van der Waals surface area contributed by atoms with Crippen molar-refractivity contribution in [2.45, 2.75) is 26.9 Å². The second-order valence-corrected chi connectivity index (χ2v) is 4.45. The van der Waals surface area contributed by atoms with Crippen LogP contribution in [-0.2, 0) is 4.79 Å². The molecule has 1 atom stereocenters. The monoisotopic (exact) mass is 170 g/mol. The van der Waals surface area contributed by atoms with Crippen LogP contribution in [0.3, 0.4) is 0 Å². The normalized spacial score (nSPS) is 26.2. The van der Waals surface area contributed by atoms with Gasteiger partial charge in [-0.15, -0.1) is 0 Å². The van der Waals surface area contributed by atoms with E-state index in [4.69, 9.17) is 0 Å². The van der Waals surface area contributed by atoms with Gasteiger partial charge in [-0.2, -0.15) is 0 Å². The number of nitrogens with one attached hydrogen (secondary N) is 1. The molecule has 1 fully saturated rings. The first kappa shape index (κ1) is 9.68. The first-order chi connectivity index (χ1) is 5.43.